The van der Waals surface area contributed by atoms with Crippen molar-refractivity contribution in [2.24, 2.45) is 0 Å². The maximum Gasteiger partial charge on any atom is 0.119 e. The van der Waals surface area contributed by atoms with Gasteiger partial charge < -0.3 is 29.5 Å². The fourth-order valence-corrected chi connectivity index (χ4v) is 4.21. The van der Waals surface area contributed by atoms with Crippen LogP contribution < -0.4 is 4.74 Å². The Morgan fingerprint density at radius 3 is 2.39 bits per heavy atom. The van der Waals surface area contributed by atoms with Crippen molar-refractivity contribution in [3.8, 4) is 5.75 Å². The minimum Gasteiger partial charge on any atom is -0.490 e. The van der Waals surface area contributed by atoms with E-state index in [2.05, 4.69) is 0 Å². The van der Waals surface area contributed by atoms with E-state index in [1.165, 1.54) is 13.5 Å². The summed E-state index contributed by atoms with van der Waals surface area (Å²) < 4.78 is 16.9. The average Bonchev–Trinajstić information content (AvgIpc) is 2.74. The molecule has 1 aliphatic carbocycles. The second kappa shape index (κ2) is 9.86. The summed E-state index contributed by atoms with van der Waals surface area (Å²) in [5.41, 5.74) is 2.65. The Morgan fingerprint density at radius 1 is 1.00 bits per heavy atom. The molecule has 3 N–H and O–H groups in total. The van der Waals surface area contributed by atoms with Crippen LogP contribution >= 0.6 is 11.6 Å². The summed E-state index contributed by atoms with van der Waals surface area (Å²) in [4.78, 5) is 0. The van der Waals surface area contributed by atoms with E-state index < -0.39 is 30.5 Å². The van der Waals surface area contributed by atoms with Crippen molar-refractivity contribution in [3.05, 3.63) is 64.2 Å². The van der Waals surface area contributed by atoms with E-state index in [1.807, 2.05) is 30.3 Å². The zero-order valence-corrected chi connectivity index (χ0v) is 18.2. The fraction of sp³-hybridized carbons (Fsp3) is 0.500. The molecule has 0 amide bonds. The Bertz CT molecular complexity index is 869. The molecule has 5 atom stereocenters. The maximum absolute atomic E-state index is 10.5. The normalized spacial score (nSPS) is 28.9. The number of hydrogen-bond acceptors (Lipinski definition) is 6. The van der Waals surface area contributed by atoms with E-state index >= 15 is 0 Å². The second-order valence-corrected chi connectivity index (χ2v) is 8.77. The maximum atomic E-state index is 10.5. The number of aliphatic hydroxyl groups excluding tert-OH is 3. The lowest BCUT2D eigenvalue weighted by Gasteiger charge is -2.40. The molecule has 31 heavy (non-hydrogen) atoms. The third kappa shape index (κ3) is 5.06. The Balaban J connectivity index is 1.50. The molecule has 168 valence electrons. The van der Waals surface area contributed by atoms with Crippen LogP contribution in [0.25, 0.3) is 0 Å². The minimum atomic E-state index is -1.33. The van der Waals surface area contributed by atoms with Crippen LogP contribution in [0, 0.1) is 0 Å². The lowest BCUT2D eigenvalue weighted by atomic mass is 9.90. The first-order valence-electron chi connectivity index (χ1n) is 10.7. The van der Waals surface area contributed by atoms with E-state index in [4.69, 9.17) is 25.8 Å². The van der Waals surface area contributed by atoms with E-state index in [-0.39, 0.29) is 6.61 Å². The Labute approximate surface area is 187 Å². The summed E-state index contributed by atoms with van der Waals surface area (Å²) in [6, 6.07) is 13.4. The van der Waals surface area contributed by atoms with Gasteiger partial charge in [-0.1, -0.05) is 35.9 Å². The molecule has 1 saturated carbocycles. The van der Waals surface area contributed by atoms with Crippen molar-refractivity contribution in [2.45, 2.75) is 62.3 Å². The molecule has 2 aromatic carbocycles. The van der Waals surface area contributed by atoms with Gasteiger partial charge in [0.25, 0.3) is 0 Å². The number of methoxy groups -OCH3 is 1. The molecule has 1 aliphatic heterocycles. The fourth-order valence-electron chi connectivity index (χ4n) is 4.02. The first-order valence-corrected chi connectivity index (χ1v) is 11.1. The summed E-state index contributed by atoms with van der Waals surface area (Å²) in [6.45, 7) is 0.108. The third-order valence-electron chi connectivity index (χ3n) is 6.11. The highest BCUT2D eigenvalue weighted by atomic mass is 35.5. The molecule has 0 spiro atoms. The van der Waals surface area contributed by atoms with Gasteiger partial charge in [-0.25, -0.2) is 0 Å². The summed E-state index contributed by atoms with van der Waals surface area (Å²) >= 11 is 6.44. The van der Waals surface area contributed by atoms with Gasteiger partial charge in [0.2, 0.25) is 0 Å². The van der Waals surface area contributed by atoms with E-state index in [0.29, 0.717) is 23.1 Å². The standard InChI is InChI=1S/C24H29ClO6/c1-29-13-20-21(26)22(27)23(28)24(31-20)15-7-10-19(25)16(12-15)11-14-5-8-18(9-6-14)30-17-3-2-4-17/h5-10,12,17,20-24,26-28H,2-4,11,13H2,1H3/t20-,21-,22+,23-,24+/m1/s1. The number of rotatable bonds is 7. The van der Waals surface area contributed by atoms with Crippen LogP contribution in [0.4, 0.5) is 0 Å². The molecule has 0 radical (unpaired) electrons. The summed E-state index contributed by atoms with van der Waals surface area (Å²) in [7, 11) is 1.49. The molecule has 0 aromatic heterocycles. The molecule has 2 aliphatic rings. The van der Waals surface area contributed by atoms with Gasteiger partial charge in [-0.2, -0.15) is 0 Å². The van der Waals surface area contributed by atoms with Crippen molar-refractivity contribution in [3.63, 3.8) is 0 Å². The van der Waals surface area contributed by atoms with Crippen molar-refractivity contribution in [2.75, 3.05) is 13.7 Å². The van der Waals surface area contributed by atoms with Crippen LogP contribution in [-0.2, 0) is 15.9 Å². The molecule has 4 rings (SSSR count). The topological polar surface area (TPSA) is 88.4 Å². The quantitative estimate of drug-likeness (QED) is 0.603. The lowest BCUT2D eigenvalue weighted by molar-refractivity contribution is -0.233. The first-order chi connectivity index (χ1) is 15.0. The number of halogens is 1. The Morgan fingerprint density at radius 2 is 1.74 bits per heavy atom. The average molecular weight is 449 g/mol. The molecule has 0 bridgehead atoms. The second-order valence-electron chi connectivity index (χ2n) is 8.36. The van der Waals surface area contributed by atoms with Crippen molar-refractivity contribution >= 4 is 11.6 Å². The van der Waals surface area contributed by atoms with Gasteiger partial charge in [0.1, 0.15) is 36.3 Å². The van der Waals surface area contributed by atoms with Gasteiger partial charge in [0, 0.05) is 12.1 Å². The van der Waals surface area contributed by atoms with Crippen LogP contribution in [0.3, 0.4) is 0 Å². The largest absolute Gasteiger partial charge is 0.490 e. The monoisotopic (exact) mass is 448 g/mol. The molecule has 2 aromatic rings. The molecule has 7 heteroatoms. The predicted molar refractivity (Wildman–Crippen MR) is 116 cm³/mol. The molecule has 1 saturated heterocycles. The SMILES string of the molecule is COC[C@H]1O[C@@H](c2ccc(Cl)c(Cc3ccc(OC4CCC4)cc3)c2)[C@H](O)[C@@H](O)[C@@H]1O. The van der Waals surface area contributed by atoms with E-state index in [1.54, 1.807) is 12.1 Å². The lowest BCUT2D eigenvalue weighted by Crippen LogP contribution is -2.55. The molecular weight excluding hydrogens is 420 g/mol. The summed E-state index contributed by atoms with van der Waals surface area (Å²) in [5.74, 6) is 0.878. The van der Waals surface area contributed by atoms with Crippen molar-refractivity contribution in [1.82, 2.24) is 0 Å². The van der Waals surface area contributed by atoms with Crippen LogP contribution in [0.15, 0.2) is 42.5 Å². The Hall–Kier alpha value is -1.67. The van der Waals surface area contributed by atoms with Gasteiger partial charge in [0.05, 0.1) is 12.7 Å². The summed E-state index contributed by atoms with van der Waals surface area (Å²) in [6.07, 6.45) is -0.935. The number of aliphatic hydroxyl groups is 3. The molecular formula is C24H29ClO6. The Kier molecular flexibility index (Phi) is 7.16. The van der Waals surface area contributed by atoms with Crippen molar-refractivity contribution in [1.29, 1.82) is 0 Å². The van der Waals surface area contributed by atoms with E-state index in [9.17, 15) is 15.3 Å². The van der Waals surface area contributed by atoms with E-state index in [0.717, 1.165) is 29.7 Å². The smallest absolute Gasteiger partial charge is 0.119 e. The van der Waals surface area contributed by atoms with Gasteiger partial charge in [-0.05, 0) is 60.6 Å². The zero-order chi connectivity index (χ0) is 22.0. The minimum absolute atomic E-state index is 0.108. The first kappa shape index (κ1) is 22.5. The molecule has 1 heterocycles. The number of ether oxygens (including phenoxy) is 3. The van der Waals surface area contributed by atoms with Crippen LogP contribution in [0.1, 0.15) is 42.1 Å². The zero-order valence-electron chi connectivity index (χ0n) is 17.5. The van der Waals surface area contributed by atoms with Gasteiger partial charge in [0.15, 0.2) is 0 Å². The number of benzene rings is 2. The predicted octanol–water partition coefficient (Wildman–Crippen LogP) is 3.03. The van der Waals surface area contributed by atoms with Crippen LogP contribution in [0.5, 0.6) is 5.75 Å². The molecule has 6 nitrogen and oxygen atoms in total. The van der Waals surface area contributed by atoms with Crippen LogP contribution in [0.2, 0.25) is 5.02 Å². The highest BCUT2D eigenvalue weighted by Gasteiger charge is 2.44. The highest BCUT2D eigenvalue weighted by Crippen LogP contribution is 2.35. The van der Waals surface area contributed by atoms with Gasteiger partial charge in [-0.3, -0.25) is 0 Å². The van der Waals surface area contributed by atoms with Gasteiger partial charge >= 0.3 is 0 Å². The highest BCUT2D eigenvalue weighted by molar-refractivity contribution is 6.31. The number of hydrogen-bond donors (Lipinski definition) is 3. The van der Waals surface area contributed by atoms with Gasteiger partial charge in [-0.15, -0.1) is 0 Å². The summed E-state index contributed by atoms with van der Waals surface area (Å²) in [5, 5.41) is 31.5. The van der Waals surface area contributed by atoms with Crippen molar-refractivity contribution < 1.29 is 29.5 Å². The molecule has 0 unspecified atom stereocenters. The third-order valence-corrected chi connectivity index (χ3v) is 6.48. The van der Waals surface area contributed by atoms with Crippen LogP contribution in [-0.4, -0.2) is 59.6 Å². The molecule has 2 fully saturated rings.